The first-order chi connectivity index (χ1) is 12.0. The summed E-state index contributed by atoms with van der Waals surface area (Å²) in [5.41, 5.74) is 1.85. The molecule has 25 heavy (non-hydrogen) atoms. The number of rotatable bonds is 3. The number of furan rings is 1. The molecule has 3 nitrogen and oxygen atoms in total. The van der Waals surface area contributed by atoms with Crippen LogP contribution in [0.3, 0.4) is 0 Å². The standard InChI is InChI=1S/C20H19BrO3S/c1-13-20(25(22,23)17-9-7-16(21)8-10-17)18-12-15(6-11-19(18)24-13)14-4-2-3-5-14/h6-12,14H,2-5H2,1H3. The van der Waals surface area contributed by atoms with Crippen LogP contribution in [-0.4, -0.2) is 8.42 Å². The number of halogens is 1. The Balaban J connectivity index is 1.89. The van der Waals surface area contributed by atoms with Crippen LogP contribution < -0.4 is 0 Å². The van der Waals surface area contributed by atoms with E-state index >= 15 is 0 Å². The minimum atomic E-state index is -3.62. The third-order valence-corrected chi connectivity index (χ3v) is 7.52. The molecule has 3 aromatic rings. The van der Waals surface area contributed by atoms with Gasteiger partial charge in [0.15, 0.2) is 0 Å². The second-order valence-corrected chi connectivity index (χ2v) is 9.48. The molecule has 0 saturated heterocycles. The molecule has 2 aromatic carbocycles. The van der Waals surface area contributed by atoms with Gasteiger partial charge in [0.1, 0.15) is 16.2 Å². The molecule has 1 heterocycles. The van der Waals surface area contributed by atoms with E-state index in [4.69, 9.17) is 4.42 Å². The summed E-state index contributed by atoms with van der Waals surface area (Å²) in [6.45, 7) is 1.72. The van der Waals surface area contributed by atoms with Crippen molar-refractivity contribution >= 4 is 36.7 Å². The average Bonchev–Trinajstić information content (AvgIpc) is 3.21. The number of aryl methyl sites for hydroxylation is 1. The molecule has 1 aromatic heterocycles. The Morgan fingerprint density at radius 1 is 1.04 bits per heavy atom. The van der Waals surface area contributed by atoms with Crippen molar-refractivity contribution in [1.29, 1.82) is 0 Å². The highest BCUT2D eigenvalue weighted by Crippen LogP contribution is 2.39. The Morgan fingerprint density at radius 3 is 2.40 bits per heavy atom. The zero-order valence-corrected chi connectivity index (χ0v) is 16.4. The smallest absolute Gasteiger partial charge is 0.210 e. The van der Waals surface area contributed by atoms with Gasteiger partial charge < -0.3 is 4.42 Å². The third kappa shape index (κ3) is 2.93. The Kier molecular flexibility index (Phi) is 4.24. The number of fused-ring (bicyclic) bond motifs is 1. The first-order valence-corrected chi connectivity index (χ1v) is 10.8. The SMILES string of the molecule is Cc1oc2ccc(C3CCCC3)cc2c1S(=O)(=O)c1ccc(Br)cc1. The highest BCUT2D eigenvalue weighted by atomic mass is 79.9. The zero-order chi connectivity index (χ0) is 17.6. The first kappa shape index (κ1) is 16.9. The molecule has 130 valence electrons. The van der Waals surface area contributed by atoms with E-state index in [0.717, 1.165) is 4.47 Å². The van der Waals surface area contributed by atoms with Gasteiger partial charge in [-0.3, -0.25) is 0 Å². The molecule has 0 N–H and O–H groups in total. The average molecular weight is 419 g/mol. The Bertz CT molecular complexity index is 1030. The molecule has 0 bridgehead atoms. The summed E-state index contributed by atoms with van der Waals surface area (Å²) in [7, 11) is -3.62. The van der Waals surface area contributed by atoms with Gasteiger partial charge in [0.2, 0.25) is 9.84 Å². The summed E-state index contributed by atoms with van der Waals surface area (Å²) in [5.74, 6) is 0.976. The monoisotopic (exact) mass is 418 g/mol. The Labute approximate surface area is 156 Å². The summed E-state index contributed by atoms with van der Waals surface area (Å²) in [4.78, 5) is 0.581. The van der Waals surface area contributed by atoms with Crippen molar-refractivity contribution in [2.45, 2.75) is 48.3 Å². The summed E-state index contributed by atoms with van der Waals surface area (Å²) in [6.07, 6.45) is 4.85. The van der Waals surface area contributed by atoms with Crippen molar-refractivity contribution in [2.24, 2.45) is 0 Å². The van der Waals surface area contributed by atoms with Crippen molar-refractivity contribution in [1.82, 2.24) is 0 Å². The fourth-order valence-corrected chi connectivity index (χ4v) is 5.66. The van der Waals surface area contributed by atoms with Crippen LogP contribution in [0.2, 0.25) is 0 Å². The number of sulfone groups is 1. The molecule has 0 unspecified atom stereocenters. The summed E-state index contributed by atoms with van der Waals surface area (Å²) < 4.78 is 33.0. The number of benzene rings is 2. The summed E-state index contributed by atoms with van der Waals surface area (Å²) in [6, 6.07) is 12.8. The van der Waals surface area contributed by atoms with E-state index in [-0.39, 0.29) is 4.90 Å². The van der Waals surface area contributed by atoms with E-state index in [2.05, 4.69) is 22.0 Å². The molecule has 1 aliphatic carbocycles. The normalized spacial score (nSPS) is 15.9. The maximum absolute atomic E-state index is 13.2. The van der Waals surface area contributed by atoms with Crippen LogP contribution in [0.1, 0.15) is 42.9 Å². The van der Waals surface area contributed by atoms with E-state index in [1.807, 2.05) is 12.1 Å². The van der Waals surface area contributed by atoms with Gasteiger partial charge >= 0.3 is 0 Å². The molecule has 0 atom stereocenters. The van der Waals surface area contributed by atoms with Crippen LogP contribution in [0.5, 0.6) is 0 Å². The lowest BCUT2D eigenvalue weighted by Gasteiger charge is -2.10. The quantitative estimate of drug-likeness (QED) is 0.524. The molecular weight excluding hydrogens is 400 g/mol. The number of hydrogen-bond acceptors (Lipinski definition) is 3. The second kappa shape index (κ2) is 6.29. The van der Waals surface area contributed by atoms with E-state index in [1.54, 1.807) is 31.2 Å². The van der Waals surface area contributed by atoms with E-state index in [0.29, 0.717) is 27.5 Å². The van der Waals surface area contributed by atoms with Gasteiger partial charge in [-0.2, -0.15) is 0 Å². The number of hydrogen-bond donors (Lipinski definition) is 0. The lowest BCUT2D eigenvalue weighted by molar-refractivity contribution is 0.557. The van der Waals surface area contributed by atoms with Crippen molar-refractivity contribution < 1.29 is 12.8 Å². The Hall–Kier alpha value is -1.59. The van der Waals surface area contributed by atoms with Crippen LogP contribution in [0.15, 0.2) is 61.1 Å². The van der Waals surface area contributed by atoms with Gasteiger partial charge in [-0.15, -0.1) is 0 Å². The van der Waals surface area contributed by atoms with Crippen LogP contribution in [0.25, 0.3) is 11.0 Å². The van der Waals surface area contributed by atoms with Crippen LogP contribution in [-0.2, 0) is 9.84 Å². The lowest BCUT2D eigenvalue weighted by Crippen LogP contribution is -2.03. The van der Waals surface area contributed by atoms with Gasteiger partial charge in [-0.1, -0.05) is 34.8 Å². The van der Waals surface area contributed by atoms with Gasteiger partial charge in [0, 0.05) is 9.86 Å². The van der Waals surface area contributed by atoms with Crippen LogP contribution >= 0.6 is 15.9 Å². The predicted molar refractivity (Wildman–Crippen MR) is 102 cm³/mol. The van der Waals surface area contributed by atoms with Crippen molar-refractivity contribution in [3.8, 4) is 0 Å². The zero-order valence-electron chi connectivity index (χ0n) is 14.0. The third-order valence-electron chi connectivity index (χ3n) is 5.05. The minimum Gasteiger partial charge on any atom is -0.460 e. The largest absolute Gasteiger partial charge is 0.460 e. The van der Waals surface area contributed by atoms with E-state index in [9.17, 15) is 8.42 Å². The lowest BCUT2D eigenvalue weighted by atomic mass is 9.97. The summed E-state index contributed by atoms with van der Waals surface area (Å²) >= 11 is 3.35. The second-order valence-electron chi connectivity index (χ2n) is 6.68. The molecule has 0 spiro atoms. The van der Waals surface area contributed by atoms with Crippen molar-refractivity contribution in [3.63, 3.8) is 0 Å². The fraction of sp³-hybridized carbons (Fsp3) is 0.300. The van der Waals surface area contributed by atoms with Crippen molar-refractivity contribution in [3.05, 3.63) is 58.3 Å². The fourth-order valence-electron chi connectivity index (χ4n) is 3.79. The molecule has 4 rings (SSSR count). The van der Waals surface area contributed by atoms with Crippen LogP contribution in [0, 0.1) is 6.92 Å². The molecule has 0 amide bonds. The van der Waals surface area contributed by atoms with Gasteiger partial charge in [-0.25, -0.2) is 8.42 Å². The van der Waals surface area contributed by atoms with Gasteiger partial charge in [-0.05, 0) is 67.6 Å². The topological polar surface area (TPSA) is 47.3 Å². The van der Waals surface area contributed by atoms with Gasteiger partial charge in [0.05, 0.1) is 4.90 Å². The van der Waals surface area contributed by atoms with Crippen molar-refractivity contribution in [2.75, 3.05) is 0 Å². The molecule has 0 aliphatic heterocycles. The molecule has 1 aliphatic rings. The molecule has 0 radical (unpaired) electrons. The van der Waals surface area contributed by atoms with E-state index < -0.39 is 9.84 Å². The Morgan fingerprint density at radius 2 is 1.72 bits per heavy atom. The maximum atomic E-state index is 13.2. The highest BCUT2D eigenvalue weighted by molar-refractivity contribution is 9.10. The molecule has 1 saturated carbocycles. The molecule has 1 fully saturated rings. The van der Waals surface area contributed by atoms with Gasteiger partial charge in [0.25, 0.3) is 0 Å². The highest BCUT2D eigenvalue weighted by Gasteiger charge is 2.27. The van der Waals surface area contributed by atoms with E-state index in [1.165, 1.54) is 31.2 Å². The molecule has 5 heteroatoms. The predicted octanol–water partition coefficient (Wildman–Crippen LogP) is 5.99. The minimum absolute atomic E-state index is 0.285. The van der Waals surface area contributed by atoms with Crippen LogP contribution in [0.4, 0.5) is 0 Å². The maximum Gasteiger partial charge on any atom is 0.210 e. The summed E-state index contributed by atoms with van der Waals surface area (Å²) in [5, 5.41) is 0.699. The molecular formula is C20H19BrO3S. The first-order valence-electron chi connectivity index (χ1n) is 8.50.